The summed E-state index contributed by atoms with van der Waals surface area (Å²) in [5.41, 5.74) is 0.405. The average molecular weight is 459 g/mol. The minimum absolute atomic E-state index is 0.218. The molecule has 0 spiro atoms. The van der Waals surface area contributed by atoms with Gasteiger partial charge in [-0.05, 0) is 39.2 Å². The number of nitrogens with zero attached hydrogens (tertiary/aromatic N) is 4. The first-order valence-corrected chi connectivity index (χ1v) is 11.4. The van der Waals surface area contributed by atoms with Gasteiger partial charge in [0.2, 0.25) is 5.91 Å². The number of benzene rings is 1. The fourth-order valence-corrected chi connectivity index (χ4v) is 4.27. The van der Waals surface area contributed by atoms with Gasteiger partial charge in [-0.3, -0.25) is 4.79 Å². The third kappa shape index (κ3) is 6.50. The number of aromatic amines is 1. The molecule has 0 saturated carbocycles. The van der Waals surface area contributed by atoms with Gasteiger partial charge in [0, 0.05) is 37.5 Å². The number of H-pyrrole nitrogens is 1. The standard InChI is InChI=1S/C23H34N6O4/c1-15(17(14-30)19-11-8-12-29(19)22(32)33-23(2,3)4)21(31)24-18(20-25-27-28-26-20)13-16-9-6-5-7-10-16/h5-7,9-10,15,17-19,30H,8,11-14H2,1-4H3,(H,24,31)(H,25,26,27,28)/t15-,17-,18+,19+/m1/s1. The molecule has 180 valence electrons. The smallest absolute Gasteiger partial charge is 0.410 e. The molecule has 0 aliphatic carbocycles. The molecule has 1 aromatic heterocycles. The maximum atomic E-state index is 13.3. The lowest BCUT2D eigenvalue weighted by molar-refractivity contribution is -0.128. The molecule has 10 heteroatoms. The van der Waals surface area contributed by atoms with Crippen LogP contribution >= 0.6 is 0 Å². The third-order valence-corrected chi connectivity index (χ3v) is 5.96. The Balaban J connectivity index is 1.72. The lowest BCUT2D eigenvalue weighted by atomic mass is 9.85. The molecule has 1 fully saturated rings. The molecule has 2 heterocycles. The summed E-state index contributed by atoms with van der Waals surface area (Å²) >= 11 is 0. The lowest BCUT2D eigenvalue weighted by Gasteiger charge is -2.35. The topological polar surface area (TPSA) is 133 Å². The number of tetrazole rings is 1. The van der Waals surface area contributed by atoms with E-state index in [0.717, 1.165) is 12.0 Å². The van der Waals surface area contributed by atoms with E-state index in [9.17, 15) is 14.7 Å². The van der Waals surface area contributed by atoms with E-state index in [1.54, 1.807) is 11.8 Å². The van der Waals surface area contributed by atoms with Crippen molar-refractivity contribution in [1.82, 2.24) is 30.8 Å². The van der Waals surface area contributed by atoms with Crippen molar-refractivity contribution in [3.63, 3.8) is 0 Å². The molecular formula is C23H34N6O4. The number of ether oxygens (including phenoxy) is 1. The zero-order chi connectivity index (χ0) is 24.0. The van der Waals surface area contributed by atoms with Crippen LogP contribution in [0.3, 0.4) is 0 Å². The van der Waals surface area contributed by atoms with E-state index in [0.29, 0.717) is 25.2 Å². The fourth-order valence-electron chi connectivity index (χ4n) is 4.27. The van der Waals surface area contributed by atoms with Crippen LogP contribution in [0, 0.1) is 11.8 Å². The number of hydrogen-bond donors (Lipinski definition) is 3. The Morgan fingerprint density at radius 1 is 1.30 bits per heavy atom. The Bertz CT molecular complexity index is 899. The molecule has 3 rings (SSSR count). The molecular weight excluding hydrogens is 424 g/mol. The highest BCUT2D eigenvalue weighted by Crippen LogP contribution is 2.31. The van der Waals surface area contributed by atoms with Crippen molar-refractivity contribution in [2.45, 2.75) is 64.6 Å². The van der Waals surface area contributed by atoms with Gasteiger partial charge < -0.3 is 20.1 Å². The average Bonchev–Trinajstić information content (AvgIpc) is 3.46. The zero-order valence-corrected chi connectivity index (χ0v) is 19.7. The maximum absolute atomic E-state index is 13.3. The molecule has 0 radical (unpaired) electrons. The van der Waals surface area contributed by atoms with Crippen molar-refractivity contribution < 1.29 is 19.4 Å². The van der Waals surface area contributed by atoms with Crippen LogP contribution in [0.1, 0.15) is 58.0 Å². The van der Waals surface area contributed by atoms with Crippen molar-refractivity contribution in [3.8, 4) is 0 Å². The molecule has 1 saturated heterocycles. The number of amides is 2. The SMILES string of the molecule is C[C@@H](C(=O)N[C@@H](Cc1ccccc1)c1nn[nH]n1)[C@@H](CO)[C@@H]1CCCN1C(=O)OC(C)(C)C. The number of aliphatic hydroxyl groups is 1. The van der Waals surface area contributed by atoms with E-state index in [2.05, 4.69) is 25.9 Å². The first-order chi connectivity index (χ1) is 15.7. The molecule has 0 bridgehead atoms. The second-order valence-electron chi connectivity index (χ2n) is 9.54. The summed E-state index contributed by atoms with van der Waals surface area (Å²) in [5, 5.41) is 27.4. The molecule has 2 amide bonds. The quantitative estimate of drug-likeness (QED) is 0.552. The van der Waals surface area contributed by atoms with E-state index in [-0.39, 0.29) is 18.6 Å². The summed E-state index contributed by atoms with van der Waals surface area (Å²) in [6.07, 6.45) is 1.59. The van der Waals surface area contributed by atoms with E-state index in [1.807, 2.05) is 51.1 Å². The fraction of sp³-hybridized carbons (Fsp3) is 0.609. The number of rotatable bonds is 8. The van der Waals surface area contributed by atoms with Gasteiger partial charge in [0.25, 0.3) is 0 Å². The Hall–Kier alpha value is -3.01. The highest BCUT2D eigenvalue weighted by Gasteiger charge is 2.41. The van der Waals surface area contributed by atoms with Crippen LogP contribution < -0.4 is 5.32 Å². The number of carbonyl (C=O) groups is 2. The summed E-state index contributed by atoms with van der Waals surface area (Å²) in [7, 11) is 0. The molecule has 4 atom stereocenters. The molecule has 1 aliphatic heterocycles. The Morgan fingerprint density at radius 2 is 2.03 bits per heavy atom. The van der Waals surface area contributed by atoms with Gasteiger partial charge in [0.15, 0.2) is 5.82 Å². The van der Waals surface area contributed by atoms with E-state index in [1.165, 1.54) is 0 Å². The van der Waals surface area contributed by atoms with Gasteiger partial charge in [-0.2, -0.15) is 5.21 Å². The molecule has 10 nitrogen and oxygen atoms in total. The molecule has 3 N–H and O–H groups in total. The molecule has 0 unspecified atom stereocenters. The summed E-state index contributed by atoms with van der Waals surface area (Å²) in [6, 6.07) is 8.97. The maximum Gasteiger partial charge on any atom is 0.410 e. The summed E-state index contributed by atoms with van der Waals surface area (Å²) in [6.45, 7) is 7.56. The van der Waals surface area contributed by atoms with Crippen molar-refractivity contribution >= 4 is 12.0 Å². The highest BCUT2D eigenvalue weighted by molar-refractivity contribution is 5.79. The van der Waals surface area contributed by atoms with Crippen LogP contribution in [-0.2, 0) is 16.0 Å². The van der Waals surface area contributed by atoms with Crippen LogP contribution in [0.15, 0.2) is 30.3 Å². The summed E-state index contributed by atoms with van der Waals surface area (Å²) in [5.74, 6) is -0.831. The predicted molar refractivity (Wildman–Crippen MR) is 121 cm³/mol. The largest absolute Gasteiger partial charge is 0.444 e. The van der Waals surface area contributed by atoms with Crippen LogP contribution in [0.2, 0.25) is 0 Å². The number of aromatic nitrogens is 4. The third-order valence-electron chi connectivity index (χ3n) is 5.96. The molecule has 1 aromatic carbocycles. The first kappa shape index (κ1) is 24.6. The van der Waals surface area contributed by atoms with Crippen LogP contribution in [0.5, 0.6) is 0 Å². The summed E-state index contributed by atoms with van der Waals surface area (Å²) in [4.78, 5) is 27.6. The van der Waals surface area contributed by atoms with Crippen LogP contribution in [0.25, 0.3) is 0 Å². The van der Waals surface area contributed by atoms with Gasteiger partial charge in [0.05, 0.1) is 6.04 Å². The number of aliphatic hydroxyl groups excluding tert-OH is 1. The minimum Gasteiger partial charge on any atom is -0.444 e. The van der Waals surface area contributed by atoms with E-state index < -0.39 is 29.6 Å². The monoisotopic (exact) mass is 458 g/mol. The van der Waals surface area contributed by atoms with E-state index in [4.69, 9.17) is 4.74 Å². The normalized spacial score (nSPS) is 19.1. The van der Waals surface area contributed by atoms with Gasteiger partial charge in [-0.15, -0.1) is 10.2 Å². The molecule has 2 aromatic rings. The van der Waals surface area contributed by atoms with Crippen LogP contribution in [-0.4, -0.2) is 67.4 Å². The van der Waals surface area contributed by atoms with Crippen molar-refractivity contribution in [1.29, 1.82) is 0 Å². The molecule has 33 heavy (non-hydrogen) atoms. The van der Waals surface area contributed by atoms with Gasteiger partial charge in [-0.25, -0.2) is 4.79 Å². The van der Waals surface area contributed by atoms with Crippen LogP contribution in [0.4, 0.5) is 4.79 Å². The van der Waals surface area contributed by atoms with Gasteiger partial charge in [0.1, 0.15) is 5.60 Å². The van der Waals surface area contributed by atoms with Crippen molar-refractivity contribution in [2.75, 3.05) is 13.2 Å². The number of likely N-dealkylation sites (tertiary alicyclic amines) is 1. The molecule has 1 aliphatic rings. The second kappa shape index (κ2) is 10.7. The first-order valence-electron chi connectivity index (χ1n) is 11.4. The zero-order valence-electron chi connectivity index (χ0n) is 19.7. The lowest BCUT2D eigenvalue weighted by Crippen LogP contribution is -2.48. The number of nitrogens with one attached hydrogen (secondary N) is 2. The number of carbonyl (C=O) groups excluding carboxylic acids is 2. The van der Waals surface area contributed by atoms with Gasteiger partial charge >= 0.3 is 6.09 Å². The predicted octanol–water partition coefficient (Wildman–Crippen LogP) is 2.24. The Morgan fingerprint density at radius 3 is 2.64 bits per heavy atom. The van der Waals surface area contributed by atoms with Gasteiger partial charge in [-0.1, -0.05) is 42.5 Å². The van der Waals surface area contributed by atoms with Crippen molar-refractivity contribution in [2.24, 2.45) is 11.8 Å². The Labute approximate surface area is 194 Å². The van der Waals surface area contributed by atoms with Crippen molar-refractivity contribution in [3.05, 3.63) is 41.7 Å². The highest BCUT2D eigenvalue weighted by atomic mass is 16.6. The second-order valence-corrected chi connectivity index (χ2v) is 9.54. The Kier molecular flexibility index (Phi) is 8.01. The van der Waals surface area contributed by atoms with E-state index >= 15 is 0 Å². The number of hydrogen-bond acceptors (Lipinski definition) is 7. The summed E-state index contributed by atoms with van der Waals surface area (Å²) < 4.78 is 5.54. The minimum atomic E-state index is -0.614.